The fourth-order valence-electron chi connectivity index (χ4n) is 1.55. The van der Waals surface area contributed by atoms with Crippen LogP contribution in [0.15, 0.2) is 30.4 Å². The van der Waals surface area contributed by atoms with E-state index >= 15 is 0 Å². The number of hydrogen-bond acceptors (Lipinski definition) is 5. The van der Waals surface area contributed by atoms with E-state index in [9.17, 15) is 10.1 Å². The Balaban J connectivity index is 2.25. The Labute approximate surface area is 117 Å². The van der Waals surface area contributed by atoms with Crippen LogP contribution in [-0.4, -0.2) is 23.5 Å². The highest BCUT2D eigenvalue weighted by Gasteiger charge is 2.01. The minimum atomic E-state index is -0.494. The van der Waals surface area contributed by atoms with Crippen LogP contribution in [-0.2, 0) is 6.42 Å². The minimum Gasteiger partial charge on any atom is -0.370 e. The first kappa shape index (κ1) is 15.2. The van der Waals surface area contributed by atoms with Gasteiger partial charge in [-0.05, 0) is 31.4 Å². The molecule has 0 radical (unpaired) electrons. The van der Waals surface area contributed by atoms with Gasteiger partial charge in [-0.3, -0.25) is 15.1 Å². The van der Waals surface area contributed by atoms with Crippen LogP contribution >= 0.6 is 11.6 Å². The van der Waals surface area contributed by atoms with Gasteiger partial charge in [0.05, 0.1) is 15.6 Å². The number of rotatable bonds is 8. The van der Waals surface area contributed by atoms with Gasteiger partial charge in [-0.1, -0.05) is 11.6 Å². The van der Waals surface area contributed by atoms with Gasteiger partial charge in [-0.15, -0.1) is 0 Å². The van der Waals surface area contributed by atoms with Crippen molar-refractivity contribution in [3.63, 3.8) is 0 Å². The van der Waals surface area contributed by atoms with E-state index < -0.39 is 4.92 Å². The standard InChI is InChI=1S/C12H17ClN4O2/c1-14-12(9-17(18)19)16-7-3-2-6-11-10(13)5-4-8-15-11/h4-5,8-9,14,16H,2-3,6-7H2,1H3/b12-9-. The summed E-state index contributed by atoms with van der Waals surface area (Å²) in [4.78, 5) is 14.0. The van der Waals surface area contributed by atoms with E-state index in [4.69, 9.17) is 11.6 Å². The molecule has 0 aliphatic rings. The van der Waals surface area contributed by atoms with Crippen LogP contribution < -0.4 is 10.6 Å². The Morgan fingerprint density at radius 2 is 2.37 bits per heavy atom. The molecule has 0 spiro atoms. The zero-order chi connectivity index (χ0) is 14.1. The molecule has 1 aromatic heterocycles. The van der Waals surface area contributed by atoms with Crippen LogP contribution in [0.25, 0.3) is 0 Å². The average Bonchev–Trinajstić information content (AvgIpc) is 2.38. The van der Waals surface area contributed by atoms with Gasteiger partial charge in [0.25, 0.3) is 6.20 Å². The number of unbranched alkanes of at least 4 members (excludes halogenated alkanes) is 1. The van der Waals surface area contributed by atoms with Crippen molar-refractivity contribution >= 4 is 11.6 Å². The molecule has 2 N–H and O–H groups in total. The maximum atomic E-state index is 10.3. The van der Waals surface area contributed by atoms with E-state index in [0.29, 0.717) is 17.4 Å². The molecule has 0 aliphatic carbocycles. The van der Waals surface area contributed by atoms with Crippen LogP contribution in [0.3, 0.4) is 0 Å². The van der Waals surface area contributed by atoms with Crippen molar-refractivity contribution in [1.82, 2.24) is 15.6 Å². The summed E-state index contributed by atoms with van der Waals surface area (Å²) in [5.41, 5.74) is 0.888. The van der Waals surface area contributed by atoms with E-state index in [0.717, 1.165) is 31.2 Å². The minimum absolute atomic E-state index is 0.404. The molecule has 1 heterocycles. The SMILES string of the molecule is CN/C(=C/[N+](=O)[O-])NCCCCc1ncccc1Cl. The third kappa shape index (κ3) is 6.05. The zero-order valence-corrected chi connectivity index (χ0v) is 11.5. The first-order valence-electron chi connectivity index (χ1n) is 6.00. The van der Waals surface area contributed by atoms with Gasteiger partial charge < -0.3 is 10.6 Å². The van der Waals surface area contributed by atoms with Crippen LogP contribution in [0.5, 0.6) is 0 Å². The number of nitrogens with zero attached hydrogens (tertiary/aromatic N) is 2. The number of aromatic nitrogens is 1. The van der Waals surface area contributed by atoms with Gasteiger partial charge in [0, 0.05) is 19.8 Å². The maximum absolute atomic E-state index is 10.3. The van der Waals surface area contributed by atoms with Crippen LogP contribution in [0.1, 0.15) is 18.5 Å². The summed E-state index contributed by atoms with van der Waals surface area (Å²) < 4.78 is 0. The highest BCUT2D eigenvalue weighted by atomic mass is 35.5. The molecular weight excluding hydrogens is 268 g/mol. The predicted molar refractivity (Wildman–Crippen MR) is 74.3 cm³/mol. The Hall–Kier alpha value is -1.82. The van der Waals surface area contributed by atoms with Gasteiger partial charge in [0.2, 0.25) is 0 Å². The van der Waals surface area contributed by atoms with E-state index in [2.05, 4.69) is 15.6 Å². The summed E-state index contributed by atoms with van der Waals surface area (Å²) in [6, 6.07) is 3.62. The summed E-state index contributed by atoms with van der Waals surface area (Å²) in [6.07, 6.45) is 5.23. The Kier molecular flexibility index (Phi) is 6.67. The lowest BCUT2D eigenvalue weighted by Gasteiger charge is -2.07. The molecule has 0 bridgehead atoms. The van der Waals surface area contributed by atoms with E-state index in [-0.39, 0.29) is 0 Å². The highest BCUT2D eigenvalue weighted by molar-refractivity contribution is 6.31. The number of hydrogen-bond donors (Lipinski definition) is 2. The van der Waals surface area contributed by atoms with E-state index in [1.807, 2.05) is 6.07 Å². The van der Waals surface area contributed by atoms with E-state index in [1.54, 1.807) is 19.3 Å². The number of nitro groups is 1. The fraction of sp³-hybridized carbons (Fsp3) is 0.417. The number of aryl methyl sites for hydroxylation is 1. The summed E-state index contributed by atoms with van der Waals surface area (Å²) in [5.74, 6) is 0.404. The largest absolute Gasteiger partial charge is 0.370 e. The molecule has 0 unspecified atom stereocenters. The highest BCUT2D eigenvalue weighted by Crippen LogP contribution is 2.14. The molecule has 0 atom stereocenters. The Morgan fingerprint density at radius 3 is 3.00 bits per heavy atom. The third-order valence-electron chi connectivity index (χ3n) is 2.49. The molecular formula is C12H17ClN4O2. The molecule has 1 aromatic rings. The lowest BCUT2D eigenvalue weighted by molar-refractivity contribution is -0.404. The van der Waals surface area contributed by atoms with Crippen LogP contribution in [0, 0.1) is 10.1 Å². The quantitative estimate of drug-likeness (QED) is 0.433. The van der Waals surface area contributed by atoms with Gasteiger partial charge in [0.1, 0.15) is 0 Å². The van der Waals surface area contributed by atoms with Gasteiger partial charge in [-0.2, -0.15) is 0 Å². The first-order valence-corrected chi connectivity index (χ1v) is 6.37. The fourth-order valence-corrected chi connectivity index (χ4v) is 1.76. The molecule has 6 nitrogen and oxygen atoms in total. The van der Waals surface area contributed by atoms with Crippen molar-refractivity contribution in [3.05, 3.63) is 51.2 Å². The van der Waals surface area contributed by atoms with Crippen LogP contribution in [0.4, 0.5) is 0 Å². The molecule has 7 heteroatoms. The van der Waals surface area contributed by atoms with E-state index in [1.165, 1.54) is 0 Å². The second-order valence-electron chi connectivity index (χ2n) is 3.89. The van der Waals surface area contributed by atoms with Crippen molar-refractivity contribution in [3.8, 4) is 0 Å². The molecule has 1 rings (SSSR count). The van der Waals surface area contributed by atoms with Crippen molar-refractivity contribution in [2.45, 2.75) is 19.3 Å². The second kappa shape index (κ2) is 8.31. The molecule has 19 heavy (non-hydrogen) atoms. The molecule has 0 aromatic carbocycles. The van der Waals surface area contributed by atoms with Crippen molar-refractivity contribution in [2.24, 2.45) is 0 Å². The number of pyridine rings is 1. The normalized spacial score (nSPS) is 11.2. The third-order valence-corrected chi connectivity index (χ3v) is 2.84. The predicted octanol–water partition coefficient (Wildman–Crippen LogP) is 1.94. The van der Waals surface area contributed by atoms with Crippen LogP contribution in [0.2, 0.25) is 5.02 Å². The molecule has 0 saturated heterocycles. The lowest BCUT2D eigenvalue weighted by atomic mass is 10.2. The molecule has 0 amide bonds. The maximum Gasteiger partial charge on any atom is 0.274 e. The second-order valence-corrected chi connectivity index (χ2v) is 4.30. The Morgan fingerprint density at radius 1 is 1.58 bits per heavy atom. The molecule has 104 valence electrons. The molecule has 0 aliphatic heterocycles. The Bertz CT molecular complexity index is 451. The van der Waals surface area contributed by atoms with Crippen molar-refractivity contribution in [2.75, 3.05) is 13.6 Å². The van der Waals surface area contributed by atoms with Gasteiger partial charge in [-0.25, -0.2) is 0 Å². The molecule has 0 saturated carbocycles. The topological polar surface area (TPSA) is 80.1 Å². The monoisotopic (exact) mass is 284 g/mol. The summed E-state index contributed by atoms with van der Waals surface area (Å²) in [7, 11) is 1.63. The zero-order valence-electron chi connectivity index (χ0n) is 10.7. The average molecular weight is 285 g/mol. The van der Waals surface area contributed by atoms with Crippen molar-refractivity contribution < 1.29 is 4.92 Å². The summed E-state index contributed by atoms with van der Waals surface area (Å²) >= 11 is 6.00. The van der Waals surface area contributed by atoms with Gasteiger partial charge in [0.15, 0.2) is 5.82 Å². The lowest BCUT2D eigenvalue weighted by Crippen LogP contribution is -2.25. The van der Waals surface area contributed by atoms with Crippen molar-refractivity contribution in [1.29, 1.82) is 0 Å². The number of halogens is 1. The van der Waals surface area contributed by atoms with Gasteiger partial charge >= 0.3 is 0 Å². The summed E-state index contributed by atoms with van der Waals surface area (Å²) in [5, 5.41) is 16.7. The number of nitrogens with one attached hydrogen (secondary N) is 2. The first-order chi connectivity index (χ1) is 9.13. The summed E-state index contributed by atoms with van der Waals surface area (Å²) in [6.45, 7) is 0.658. The molecule has 0 fully saturated rings. The smallest absolute Gasteiger partial charge is 0.274 e.